The Kier molecular flexibility index (Phi) is 4.51. The Labute approximate surface area is 141 Å². The zero-order valence-electron chi connectivity index (χ0n) is 14.0. The van der Waals surface area contributed by atoms with Crippen LogP contribution in [0.5, 0.6) is 0 Å². The Morgan fingerprint density at radius 3 is 2.62 bits per heavy atom. The van der Waals surface area contributed by atoms with Gasteiger partial charge in [-0.1, -0.05) is 18.2 Å². The van der Waals surface area contributed by atoms with Gasteiger partial charge in [0.15, 0.2) is 0 Å². The van der Waals surface area contributed by atoms with Crippen molar-refractivity contribution in [1.82, 2.24) is 0 Å². The summed E-state index contributed by atoms with van der Waals surface area (Å²) in [5, 5.41) is 2.95. The maximum absolute atomic E-state index is 12.6. The quantitative estimate of drug-likeness (QED) is 0.937. The Bertz CT molecular complexity index is 758. The fourth-order valence-corrected chi connectivity index (χ4v) is 2.98. The zero-order chi connectivity index (χ0) is 17.1. The second-order valence-corrected chi connectivity index (χ2v) is 5.81. The van der Waals surface area contributed by atoms with Crippen LogP contribution in [0.15, 0.2) is 48.5 Å². The average Bonchev–Trinajstić information content (AvgIpc) is 2.60. The Hall–Kier alpha value is -2.82. The molecule has 0 saturated carbocycles. The standard InChI is InChI=1S/C19H21N3O2/c1-3-22(16-7-5-4-6-8-16)19(24)20-15-10-11-17-14(13-15)9-12-18(23)21(17)2/h4-8,10-11,13H,3,9,12H2,1-2H3,(H,20,24). The predicted octanol–water partition coefficient (Wildman–Crippen LogP) is 3.65. The zero-order valence-corrected chi connectivity index (χ0v) is 14.0. The van der Waals surface area contributed by atoms with Gasteiger partial charge in [-0.3, -0.25) is 9.69 Å². The van der Waals surface area contributed by atoms with Gasteiger partial charge in [0.25, 0.3) is 0 Å². The monoisotopic (exact) mass is 323 g/mol. The number of rotatable bonds is 3. The molecule has 1 aliphatic rings. The number of nitrogens with one attached hydrogen (secondary N) is 1. The third-order valence-corrected chi connectivity index (χ3v) is 4.30. The van der Waals surface area contributed by atoms with E-state index in [1.54, 1.807) is 16.8 Å². The highest BCUT2D eigenvalue weighted by Crippen LogP contribution is 2.29. The molecule has 0 bridgehead atoms. The lowest BCUT2D eigenvalue weighted by molar-refractivity contribution is -0.118. The molecule has 24 heavy (non-hydrogen) atoms. The van der Waals surface area contributed by atoms with E-state index in [0.29, 0.717) is 19.4 Å². The molecule has 3 rings (SSSR count). The van der Waals surface area contributed by atoms with Crippen LogP contribution in [0.2, 0.25) is 0 Å². The van der Waals surface area contributed by atoms with Gasteiger partial charge in [-0.15, -0.1) is 0 Å². The maximum Gasteiger partial charge on any atom is 0.326 e. The molecule has 3 amide bonds. The maximum atomic E-state index is 12.6. The number of anilines is 3. The first-order valence-electron chi connectivity index (χ1n) is 8.13. The Balaban J connectivity index is 1.78. The van der Waals surface area contributed by atoms with E-state index in [1.807, 2.05) is 55.5 Å². The molecule has 0 spiro atoms. The first-order chi connectivity index (χ1) is 11.6. The van der Waals surface area contributed by atoms with E-state index in [-0.39, 0.29) is 11.9 Å². The van der Waals surface area contributed by atoms with Crippen LogP contribution in [-0.4, -0.2) is 25.5 Å². The van der Waals surface area contributed by atoms with E-state index in [1.165, 1.54) is 0 Å². The summed E-state index contributed by atoms with van der Waals surface area (Å²) in [5.41, 5.74) is 3.61. The molecule has 1 aliphatic heterocycles. The molecular formula is C19H21N3O2. The van der Waals surface area contributed by atoms with Crippen LogP contribution < -0.4 is 15.1 Å². The highest BCUT2D eigenvalue weighted by Gasteiger charge is 2.21. The minimum absolute atomic E-state index is 0.125. The summed E-state index contributed by atoms with van der Waals surface area (Å²) in [6, 6.07) is 15.1. The number of amides is 3. The van der Waals surface area contributed by atoms with Crippen molar-refractivity contribution in [3.63, 3.8) is 0 Å². The molecule has 1 N–H and O–H groups in total. The second kappa shape index (κ2) is 6.74. The number of fused-ring (bicyclic) bond motifs is 1. The summed E-state index contributed by atoms with van der Waals surface area (Å²) in [7, 11) is 1.78. The van der Waals surface area contributed by atoms with Crippen LogP contribution in [0, 0.1) is 0 Å². The van der Waals surface area contributed by atoms with Crippen LogP contribution in [0.1, 0.15) is 18.9 Å². The van der Waals surface area contributed by atoms with Gasteiger partial charge in [-0.05, 0) is 49.2 Å². The third kappa shape index (κ3) is 3.11. The van der Waals surface area contributed by atoms with Gasteiger partial charge in [-0.25, -0.2) is 4.79 Å². The minimum Gasteiger partial charge on any atom is -0.315 e. The summed E-state index contributed by atoms with van der Waals surface area (Å²) >= 11 is 0. The molecule has 0 atom stereocenters. The van der Waals surface area contributed by atoms with Crippen molar-refractivity contribution in [2.75, 3.05) is 28.7 Å². The molecule has 0 fully saturated rings. The Morgan fingerprint density at radius 2 is 1.92 bits per heavy atom. The van der Waals surface area contributed by atoms with Crippen LogP contribution in [-0.2, 0) is 11.2 Å². The van der Waals surface area contributed by atoms with Gasteiger partial charge in [0.1, 0.15) is 0 Å². The lowest BCUT2D eigenvalue weighted by atomic mass is 10.0. The van der Waals surface area contributed by atoms with Crippen molar-refractivity contribution in [3.8, 4) is 0 Å². The molecular weight excluding hydrogens is 302 g/mol. The molecule has 2 aromatic carbocycles. The van der Waals surface area contributed by atoms with Crippen molar-refractivity contribution in [1.29, 1.82) is 0 Å². The number of aryl methyl sites for hydroxylation is 1. The van der Waals surface area contributed by atoms with E-state index in [9.17, 15) is 9.59 Å². The number of para-hydroxylation sites is 1. The number of nitrogens with zero attached hydrogens (tertiary/aromatic N) is 2. The molecule has 0 radical (unpaired) electrons. The number of urea groups is 1. The lowest BCUT2D eigenvalue weighted by Gasteiger charge is -2.26. The fraction of sp³-hybridized carbons (Fsp3) is 0.263. The van der Waals surface area contributed by atoms with E-state index >= 15 is 0 Å². The summed E-state index contributed by atoms with van der Waals surface area (Å²) in [5.74, 6) is 0.125. The molecule has 0 aromatic heterocycles. The van der Waals surface area contributed by atoms with E-state index in [2.05, 4.69) is 5.32 Å². The second-order valence-electron chi connectivity index (χ2n) is 5.81. The summed E-state index contributed by atoms with van der Waals surface area (Å²) in [4.78, 5) is 27.7. The van der Waals surface area contributed by atoms with E-state index < -0.39 is 0 Å². The lowest BCUT2D eigenvalue weighted by Crippen LogP contribution is -2.35. The molecule has 5 nitrogen and oxygen atoms in total. The van der Waals surface area contributed by atoms with Crippen LogP contribution >= 0.6 is 0 Å². The molecule has 0 saturated heterocycles. The van der Waals surface area contributed by atoms with Crippen molar-refractivity contribution >= 4 is 29.0 Å². The molecule has 1 heterocycles. The average molecular weight is 323 g/mol. The van der Waals surface area contributed by atoms with Gasteiger partial charge < -0.3 is 10.2 Å². The summed E-state index contributed by atoms with van der Waals surface area (Å²) in [6.45, 7) is 2.53. The third-order valence-electron chi connectivity index (χ3n) is 4.30. The molecule has 0 aliphatic carbocycles. The fourth-order valence-electron chi connectivity index (χ4n) is 2.98. The summed E-state index contributed by atoms with van der Waals surface area (Å²) < 4.78 is 0. The normalized spacial score (nSPS) is 13.4. The first kappa shape index (κ1) is 16.1. The number of carbonyl (C=O) groups excluding carboxylic acids is 2. The number of carbonyl (C=O) groups is 2. The SMILES string of the molecule is CCN(C(=O)Nc1ccc2c(c1)CCC(=O)N2C)c1ccccc1. The van der Waals surface area contributed by atoms with Crippen molar-refractivity contribution in [2.45, 2.75) is 19.8 Å². The smallest absolute Gasteiger partial charge is 0.315 e. The summed E-state index contributed by atoms with van der Waals surface area (Å²) in [6.07, 6.45) is 1.21. The molecule has 124 valence electrons. The van der Waals surface area contributed by atoms with Crippen LogP contribution in [0.4, 0.5) is 21.9 Å². The van der Waals surface area contributed by atoms with Gasteiger partial charge in [-0.2, -0.15) is 0 Å². The topological polar surface area (TPSA) is 52.7 Å². The van der Waals surface area contributed by atoms with Crippen LogP contribution in [0.3, 0.4) is 0 Å². The van der Waals surface area contributed by atoms with Gasteiger partial charge >= 0.3 is 6.03 Å². The number of hydrogen-bond donors (Lipinski definition) is 1. The van der Waals surface area contributed by atoms with Crippen LogP contribution in [0.25, 0.3) is 0 Å². The van der Waals surface area contributed by atoms with E-state index in [0.717, 1.165) is 22.6 Å². The first-order valence-corrected chi connectivity index (χ1v) is 8.13. The highest BCUT2D eigenvalue weighted by molar-refractivity contribution is 6.02. The molecule has 0 unspecified atom stereocenters. The molecule has 2 aromatic rings. The van der Waals surface area contributed by atoms with Crippen molar-refractivity contribution in [3.05, 3.63) is 54.1 Å². The number of benzene rings is 2. The van der Waals surface area contributed by atoms with Crippen molar-refractivity contribution in [2.24, 2.45) is 0 Å². The van der Waals surface area contributed by atoms with Crippen molar-refractivity contribution < 1.29 is 9.59 Å². The molecule has 5 heteroatoms. The van der Waals surface area contributed by atoms with Gasteiger partial charge in [0.2, 0.25) is 5.91 Å². The largest absolute Gasteiger partial charge is 0.326 e. The minimum atomic E-state index is -0.163. The predicted molar refractivity (Wildman–Crippen MR) is 96.7 cm³/mol. The van der Waals surface area contributed by atoms with Gasteiger partial charge in [0, 0.05) is 37.1 Å². The van der Waals surface area contributed by atoms with Gasteiger partial charge in [0.05, 0.1) is 0 Å². The Morgan fingerprint density at radius 1 is 1.17 bits per heavy atom. The number of hydrogen-bond acceptors (Lipinski definition) is 2. The highest BCUT2D eigenvalue weighted by atomic mass is 16.2. The van der Waals surface area contributed by atoms with E-state index in [4.69, 9.17) is 0 Å².